The zero-order valence-corrected chi connectivity index (χ0v) is 24.7. The van der Waals surface area contributed by atoms with Crippen LogP contribution in [-0.4, -0.2) is 48.4 Å². The molecule has 3 aromatic carbocycles. The van der Waals surface area contributed by atoms with Crippen LogP contribution in [0.2, 0.25) is 0 Å². The van der Waals surface area contributed by atoms with Crippen LogP contribution in [0.25, 0.3) is 0 Å². The van der Waals surface area contributed by atoms with Crippen molar-refractivity contribution in [2.75, 3.05) is 31.8 Å². The van der Waals surface area contributed by atoms with E-state index in [0.717, 1.165) is 11.1 Å². The Bertz CT molecular complexity index is 1520. The number of nitrogens with zero attached hydrogens (tertiary/aromatic N) is 1. The maximum Gasteiger partial charge on any atom is 0.309 e. The Hall–Kier alpha value is -4.18. The number of carboxylic acids is 1. The number of carbonyl (C=O) groups is 2. The van der Waals surface area contributed by atoms with Gasteiger partial charge in [0.15, 0.2) is 11.5 Å². The van der Waals surface area contributed by atoms with Crippen molar-refractivity contribution in [2.24, 2.45) is 5.92 Å². The summed E-state index contributed by atoms with van der Waals surface area (Å²) in [6.45, 7) is 7.78. The molecule has 2 N–H and O–H groups in total. The van der Waals surface area contributed by atoms with Crippen LogP contribution in [0.5, 0.6) is 17.2 Å². The van der Waals surface area contributed by atoms with Crippen molar-refractivity contribution in [1.29, 1.82) is 0 Å². The van der Waals surface area contributed by atoms with Gasteiger partial charge in [0.05, 0.1) is 25.1 Å². The number of anilines is 1. The van der Waals surface area contributed by atoms with Gasteiger partial charge in [-0.05, 0) is 73.2 Å². The first-order chi connectivity index (χ1) is 20.7. The molecule has 0 aromatic heterocycles. The summed E-state index contributed by atoms with van der Waals surface area (Å²) in [5, 5.41) is 13.5. The summed E-state index contributed by atoms with van der Waals surface area (Å²) in [6, 6.07) is 9.80. The van der Waals surface area contributed by atoms with Gasteiger partial charge in [0.1, 0.15) is 17.4 Å². The second kappa shape index (κ2) is 12.6. The zero-order valence-electron chi connectivity index (χ0n) is 24.7. The number of amides is 1. The third-order valence-corrected chi connectivity index (χ3v) is 8.35. The first-order valence-electron chi connectivity index (χ1n) is 14.6. The molecule has 8 nitrogen and oxygen atoms in total. The second-order valence-corrected chi connectivity index (χ2v) is 10.8. The average Bonchev–Trinajstić information content (AvgIpc) is 3.60. The lowest BCUT2D eigenvalue weighted by Gasteiger charge is -2.27. The molecule has 2 aliphatic heterocycles. The van der Waals surface area contributed by atoms with Crippen LogP contribution < -0.4 is 19.5 Å². The summed E-state index contributed by atoms with van der Waals surface area (Å²) in [5.74, 6) is -2.70. The molecule has 1 amide bonds. The Labute approximate surface area is 249 Å². The summed E-state index contributed by atoms with van der Waals surface area (Å²) in [7, 11) is 0. The van der Waals surface area contributed by atoms with Crippen LogP contribution >= 0.6 is 0 Å². The Balaban J connectivity index is 1.54. The highest BCUT2D eigenvalue weighted by atomic mass is 19.1. The molecule has 5 rings (SSSR count). The first-order valence-corrected chi connectivity index (χ1v) is 14.6. The molecule has 2 heterocycles. The molecular weight excluding hydrogens is 558 g/mol. The molecule has 0 saturated carbocycles. The van der Waals surface area contributed by atoms with Gasteiger partial charge in [0.2, 0.25) is 12.7 Å². The minimum absolute atomic E-state index is 0.0713. The monoisotopic (exact) mass is 594 g/mol. The molecule has 0 aliphatic carbocycles. The number of aryl methyl sites for hydroxylation is 2. The summed E-state index contributed by atoms with van der Waals surface area (Å²) in [5.41, 5.74) is 3.52. The fourth-order valence-corrected chi connectivity index (χ4v) is 6.42. The fraction of sp³-hybridized carbons (Fsp3) is 0.394. The zero-order chi connectivity index (χ0) is 30.8. The number of ether oxygens (including phenoxy) is 3. The van der Waals surface area contributed by atoms with Gasteiger partial charge in [-0.15, -0.1) is 0 Å². The fourth-order valence-electron chi connectivity index (χ4n) is 6.42. The summed E-state index contributed by atoms with van der Waals surface area (Å²) >= 11 is 0. The molecule has 0 bridgehead atoms. The van der Waals surface area contributed by atoms with Gasteiger partial charge in [-0.25, -0.2) is 8.78 Å². The molecule has 0 spiro atoms. The van der Waals surface area contributed by atoms with E-state index in [1.165, 1.54) is 24.3 Å². The lowest BCUT2D eigenvalue weighted by atomic mass is 9.81. The van der Waals surface area contributed by atoms with Gasteiger partial charge in [0, 0.05) is 29.8 Å². The minimum atomic E-state index is -1.11. The Morgan fingerprint density at radius 1 is 1.02 bits per heavy atom. The van der Waals surface area contributed by atoms with E-state index in [-0.39, 0.29) is 31.3 Å². The van der Waals surface area contributed by atoms with Crippen molar-refractivity contribution in [3.8, 4) is 17.2 Å². The Kier molecular flexibility index (Phi) is 8.87. The van der Waals surface area contributed by atoms with Gasteiger partial charge in [-0.3, -0.25) is 14.5 Å². The Morgan fingerprint density at radius 3 is 2.35 bits per heavy atom. The van der Waals surface area contributed by atoms with Gasteiger partial charge < -0.3 is 24.6 Å². The number of rotatable bonds is 10. The number of fused-ring (bicyclic) bond motifs is 1. The molecule has 10 heteroatoms. The SMILES string of the molecule is CCOc1ccc([C@H]2C(C(=O)O)[C@@H](c3ccc4c(c3C)OCO4)CN2CC(=O)Nc2c(CC)cc(F)cc2CC)c(F)c1. The van der Waals surface area contributed by atoms with Crippen molar-refractivity contribution in [3.63, 3.8) is 0 Å². The number of halogens is 2. The van der Waals surface area contributed by atoms with Crippen LogP contribution in [0.4, 0.5) is 14.5 Å². The van der Waals surface area contributed by atoms with E-state index in [1.807, 2.05) is 26.8 Å². The Morgan fingerprint density at radius 2 is 1.72 bits per heavy atom. The van der Waals surface area contributed by atoms with Gasteiger partial charge in [0.25, 0.3) is 0 Å². The van der Waals surface area contributed by atoms with E-state index >= 15 is 4.39 Å². The molecule has 2 aliphatic rings. The number of likely N-dealkylation sites (tertiary alicyclic amines) is 1. The molecular formula is C33H36F2N2O6. The second-order valence-electron chi connectivity index (χ2n) is 10.8. The number of nitrogens with one attached hydrogen (secondary N) is 1. The van der Waals surface area contributed by atoms with E-state index < -0.39 is 35.6 Å². The standard InChI is InChI=1S/C33H36F2N2O6/c1-5-19-12-21(34)13-20(6-2)30(19)36-28(38)16-37-15-25(23-10-11-27-32(18(23)4)43-17-42-27)29(33(39)40)31(37)24-9-8-22(41-7-3)14-26(24)35/h8-14,25,29,31H,5-7,15-17H2,1-4H3,(H,36,38)(H,39,40)/t25-,29?,31+/m1/s1. The van der Waals surface area contributed by atoms with Crippen LogP contribution in [0.3, 0.4) is 0 Å². The third kappa shape index (κ3) is 5.88. The van der Waals surface area contributed by atoms with Crippen LogP contribution in [0.15, 0.2) is 42.5 Å². The van der Waals surface area contributed by atoms with Gasteiger partial charge >= 0.3 is 5.97 Å². The third-order valence-electron chi connectivity index (χ3n) is 8.35. The topological polar surface area (TPSA) is 97.3 Å². The number of aliphatic carboxylic acids is 1. The van der Waals surface area contributed by atoms with Crippen LogP contribution in [-0.2, 0) is 22.4 Å². The summed E-state index contributed by atoms with van der Waals surface area (Å²) < 4.78 is 46.5. The lowest BCUT2D eigenvalue weighted by molar-refractivity contribution is -0.143. The highest BCUT2D eigenvalue weighted by molar-refractivity contribution is 5.94. The predicted molar refractivity (Wildman–Crippen MR) is 157 cm³/mol. The van der Waals surface area contributed by atoms with Crippen molar-refractivity contribution < 1.29 is 37.7 Å². The van der Waals surface area contributed by atoms with E-state index in [0.29, 0.717) is 53.5 Å². The smallest absolute Gasteiger partial charge is 0.309 e. The normalized spacial score (nSPS) is 19.4. The van der Waals surface area contributed by atoms with E-state index in [2.05, 4.69) is 5.32 Å². The number of carbonyl (C=O) groups excluding carboxylic acids is 1. The van der Waals surface area contributed by atoms with E-state index in [9.17, 15) is 19.1 Å². The molecule has 1 fully saturated rings. The van der Waals surface area contributed by atoms with Crippen LogP contribution in [0, 0.1) is 24.5 Å². The van der Waals surface area contributed by atoms with Crippen molar-refractivity contribution >= 4 is 17.6 Å². The van der Waals surface area contributed by atoms with E-state index in [4.69, 9.17) is 14.2 Å². The summed E-state index contributed by atoms with van der Waals surface area (Å²) in [6.07, 6.45) is 1.02. The maximum atomic E-state index is 15.7. The minimum Gasteiger partial charge on any atom is -0.494 e. The van der Waals surface area contributed by atoms with E-state index in [1.54, 1.807) is 24.0 Å². The maximum absolute atomic E-state index is 15.7. The van der Waals surface area contributed by atoms with Gasteiger partial charge in [-0.2, -0.15) is 0 Å². The highest BCUT2D eigenvalue weighted by Crippen LogP contribution is 2.50. The number of hydrogen-bond donors (Lipinski definition) is 2. The molecule has 43 heavy (non-hydrogen) atoms. The number of benzene rings is 3. The molecule has 3 atom stereocenters. The predicted octanol–water partition coefficient (Wildman–Crippen LogP) is 6.01. The number of carboxylic acid groups (broad SMARTS) is 1. The highest BCUT2D eigenvalue weighted by Gasteiger charge is 2.49. The molecule has 228 valence electrons. The molecule has 0 radical (unpaired) electrons. The average molecular weight is 595 g/mol. The molecule has 1 saturated heterocycles. The van der Waals surface area contributed by atoms with Gasteiger partial charge in [-0.1, -0.05) is 26.0 Å². The largest absolute Gasteiger partial charge is 0.494 e. The summed E-state index contributed by atoms with van der Waals surface area (Å²) in [4.78, 5) is 28.2. The van der Waals surface area contributed by atoms with Crippen molar-refractivity contribution in [2.45, 2.75) is 52.5 Å². The van der Waals surface area contributed by atoms with Crippen LogP contribution in [0.1, 0.15) is 60.5 Å². The lowest BCUT2D eigenvalue weighted by Crippen LogP contribution is -2.36. The first kappa shape index (κ1) is 30.3. The molecule has 3 aromatic rings. The van der Waals surface area contributed by atoms with Crippen molar-refractivity contribution in [3.05, 3.63) is 81.9 Å². The van der Waals surface area contributed by atoms with Crippen molar-refractivity contribution in [1.82, 2.24) is 4.90 Å². The quantitative estimate of drug-likeness (QED) is 0.297. The number of hydrogen-bond acceptors (Lipinski definition) is 6. The molecule has 1 unspecified atom stereocenters.